The van der Waals surface area contributed by atoms with E-state index in [1.807, 2.05) is 24.3 Å². The van der Waals surface area contributed by atoms with Gasteiger partial charge in [0.2, 0.25) is 5.91 Å². The molecule has 0 unspecified atom stereocenters. The van der Waals surface area contributed by atoms with Crippen LogP contribution in [0.25, 0.3) is 11.1 Å². The molecule has 0 radical (unpaired) electrons. The highest BCUT2D eigenvalue weighted by atomic mass is 16.5. The van der Waals surface area contributed by atoms with Crippen molar-refractivity contribution in [2.45, 2.75) is 25.9 Å². The number of amides is 2. The summed E-state index contributed by atoms with van der Waals surface area (Å²) < 4.78 is 11.8. The smallest absolute Gasteiger partial charge is 0.420 e. The van der Waals surface area contributed by atoms with E-state index < -0.39 is 5.76 Å². The van der Waals surface area contributed by atoms with Crippen LogP contribution in [-0.2, 0) is 17.9 Å². The molecule has 1 aromatic heterocycles. The second-order valence-electron chi connectivity index (χ2n) is 7.22. The Bertz CT molecular complexity index is 1140. The van der Waals surface area contributed by atoms with E-state index in [0.29, 0.717) is 22.4 Å². The molecule has 0 atom stereocenters. The maximum Gasteiger partial charge on any atom is 0.420 e. The first-order valence-corrected chi connectivity index (χ1v) is 9.88. The number of rotatable bonds is 6. The lowest BCUT2D eigenvalue weighted by atomic mass is 10.2. The molecule has 8 heteroatoms. The van der Waals surface area contributed by atoms with Gasteiger partial charge < -0.3 is 19.4 Å². The van der Waals surface area contributed by atoms with Gasteiger partial charge in [-0.25, -0.2) is 4.79 Å². The number of carbonyl (C=O) groups excluding carboxylic acids is 2. The van der Waals surface area contributed by atoms with E-state index in [4.69, 9.17) is 9.15 Å². The van der Waals surface area contributed by atoms with Gasteiger partial charge in [0.15, 0.2) is 5.58 Å². The SMILES string of the molecule is COc1ccccc1CNC(=O)Cn1c(=O)oc2ccc(C(=O)N3CCCC3)cc21. The molecule has 2 aromatic carbocycles. The topological polar surface area (TPSA) is 93.8 Å². The third-order valence-corrected chi connectivity index (χ3v) is 5.28. The number of fused-ring (bicyclic) bond motifs is 1. The summed E-state index contributed by atoms with van der Waals surface area (Å²) in [6.45, 7) is 1.54. The second kappa shape index (κ2) is 8.44. The lowest BCUT2D eigenvalue weighted by Gasteiger charge is -2.15. The number of aromatic nitrogens is 1. The minimum atomic E-state index is -0.636. The average molecular weight is 409 g/mol. The van der Waals surface area contributed by atoms with Crippen molar-refractivity contribution in [2.24, 2.45) is 0 Å². The van der Waals surface area contributed by atoms with Gasteiger partial charge in [0.25, 0.3) is 5.91 Å². The molecule has 30 heavy (non-hydrogen) atoms. The third-order valence-electron chi connectivity index (χ3n) is 5.28. The van der Waals surface area contributed by atoms with Crippen molar-refractivity contribution in [3.63, 3.8) is 0 Å². The Morgan fingerprint density at radius 3 is 2.67 bits per heavy atom. The number of ether oxygens (including phenoxy) is 1. The molecule has 0 aliphatic carbocycles. The van der Waals surface area contributed by atoms with Crippen molar-refractivity contribution in [1.29, 1.82) is 0 Å². The molecule has 1 fully saturated rings. The fraction of sp³-hybridized carbons (Fsp3) is 0.318. The maximum absolute atomic E-state index is 12.7. The molecular formula is C22H23N3O5. The molecular weight excluding hydrogens is 386 g/mol. The zero-order valence-electron chi connectivity index (χ0n) is 16.7. The fourth-order valence-corrected chi connectivity index (χ4v) is 3.69. The number of para-hydroxylation sites is 1. The van der Waals surface area contributed by atoms with E-state index in [9.17, 15) is 14.4 Å². The van der Waals surface area contributed by atoms with Gasteiger partial charge in [0.1, 0.15) is 12.3 Å². The minimum Gasteiger partial charge on any atom is -0.496 e. The Kier molecular flexibility index (Phi) is 5.56. The number of likely N-dealkylation sites (tertiary alicyclic amines) is 1. The summed E-state index contributed by atoms with van der Waals surface area (Å²) in [5.74, 6) is -0.380. The number of nitrogens with zero attached hydrogens (tertiary/aromatic N) is 2. The first-order valence-electron chi connectivity index (χ1n) is 9.88. The maximum atomic E-state index is 12.7. The molecule has 8 nitrogen and oxygen atoms in total. The molecule has 0 saturated carbocycles. The number of oxazole rings is 1. The van der Waals surface area contributed by atoms with Crippen molar-refractivity contribution in [2.75, 3.05) is 20.2 Å². The van der Waals surface area contributed by atoms with Crippen molar-refractivity contribution in [1.82, 2.24) is 14.8 Å². The van der Waals surface area contributed by atoms with Gasteiger partial charge in [-0.1, -0.05) is 18.2 Å². The summed E-state index contributed by atoms with van der Waals surface area (Å²) in [6, 6.07) is 12.2. The fourth-order valence-electron chi connectivity index (χ4n) is 3.69. The predicted molar refractivity (Wildman–Crippen MR) is 110 cm³/mol. The van der Waals surface area contributed by atoms with Crippen LogP contribution < -0.4 is 15.8 Å². The lowest BCUT2D eigenvalue weighted by molar-refractivity contribution is -0.121. The number of methoxy groups -OCH3 is 1. The van der Waals surface area contributed by atoms with Crippen LogP contribution in [0.5, 0.6) is 5.75 Å². The molecule has 0 spiro atoms. The molecule has 1 N–H and O–H groups in total. The van der Waals surface area contributed by atoms with E-state index in [1.54, 1.807) is 30.2 Å². The largest absolute Gasteiger partial charge is 0.496 e. The first kappa shape index (κ1) is 19.8. The summed E-state index contributed by atoms with van der Waals surface area (Å²) in [4.78, 5) is 39.2. The first-order chi connectivity index (χ1) is 14.6. The normalized spacial score (nSPS) is 13.6. The average Bonchev–Trinajstić information content (AvgIpc) is 3.40. The van der Waals surface area contributed by atoms with E-state index in [1.165, 1.54) is 4.57 Å². The van der Waals surface area contributed by atoms with Crippen LogP contribution in [-0.4, -0.2) is 41.5 Å². The van der Waals surface area contributed by atoms with Crippen LogP contribution >= 0.6 is 0 Å². The van der Waals surface area contributed by atoms with Gasteiger partial charge in [0.05, 0.1) is 12.6 Å². The Morgan fingerprint density at radius 2 is 1.90 bits per heavy atom. The number of nitrogens with one attached hydrogen (secondary N) is 1. The van der Waals surface area contributed by atoms with E-state index >= 15 is 0 Å². The summed E-state index contributed by atoms with van der Waals surface area (Å²) >= 11 is 0. The van der Waals surface area contributed by atoms with Crippen LogP contribution in [0, 0.1) is 0 Å². The van der Waals surface area contributed by atoms with Gasteiger partial charge in [-0.05, 0) is 37.1 Å². The van der Waals surface area contributed by atoms with E-state index in [-0.39, 0.29) is 24.9 Å². The standard InChI is InChI=1S/C22H23N3O5/c1-29-18-7-3-2-6-16(18)13-23-20(26)14-25-17-12-15(8-9-19(17)30-22(25)28)21(27)24-10-4-5-11-24/h2-3,6-9,12H,4-5,10-11,13-14H2,1H3,(H,23,26). The van der Waals surface area contributed by atoms with Crippen LogP contribution in [0.15, 0.2) is 51.7 Å². The Morgan fingerprint density at radius 1 is 1.13 bits per heavy atom. The monoisotopic (exact) mass is 409 g/mol. The van der Waals surface area contributed by atoms with Gasteiger partial charge in [-0.15, -0.1) is 0 Å². The molecule has 4 rings (SSSR count). The number of hydrogen-bond acceptors (Lipinski definition) is 5. The van der Waals surface area contributed by atoms with Crippen LogP contribution in [0.1, 0.15) is 28.8 Å². The highest BCUT2D eigenvalue weighted by Gasteiger charge is 2.21. The summed E-state index contributed by atoms with van der Waals surface area (Å²) in [5, 5.41) is 2.79. The quantitative estimate of drug-likeness (QED) is 0.673. The number of carbonyl (C=O) groups is 2. The Balaban J connectivity index is 1.52. The second-order valence-corrected chi connectivity index (χ2v) is 7.22. The minimum absolute atomic E-state index is 0.0739. The molecule has 1 saturated heterocycles. The van der Waals surface area contributed by atoms with Crippen molar-refractivity contribution in [3.05, 3.63) is 64.1 Å². The Labute approximate surface area is 173 Å². The Hall–Kier alpha value is -3.55. The molecule has 2 heterocycles. The van der Waals surface area contributed by atoms with Gasteiger partial charge in [0, 0.05) is 30.8 Å². The molecule has 1 aliphatic rings. The van der Waals surface area contributed by atoms with Crippen LogP contribution in [0.2, 0.25) is 0 Å². The van der Waals surface area contributed by atoms with Gasteiger partial charge in [-0.3, -0.25) is 14.2 Å². The highest BCUT2D eigenvalue weighted by Crippen LogP contribution is 2.19. The third kappa shape index (κ3) is 3.94. The number of hydrogen-bond donors (Lipinski definition) is 1. The number of benzene rings is 2. The van der Waals surface area contributed by atoms with E-state index in [0.717, 1.165) is 31.5 Å². The zero-order valence-corrected chi connectivity index (χ0v) is 16.7. The van der Waals surface area contributed by atoms with Gasteiger partial charge >= 0.3 is 5.76 Å². The molecule has 1 aliphatic heterocycles. The molecule has 0 bridgehead atoms. The predicted octanol–water partition coefficient (Wildman–Crippen LogP) is 2.16. The van der Waals surface area contributed by atoms with Crippen molar-refractivity contribution in [3.8, 4) is 5.75 Å². The summed E-state index contributed by atoms with van der Waals surface area (Å²) in [6.07, 6.45) is 1.99. The molecule has 3 aromatic rings. The molecule has 2 amide bonds. The summed E-state index contributed by atoms with van der Waals surface area (Å²) in [7, 11) is 1.57. The molecule has 156 valence electrons. The highest BCUT2D eigenvalue weighted by molar-refractivity contribution is 5.97. The van der Waals surface area contributed by atoms with Crippen LogP contribution in [0.4, 0.5) is 0 Å². The zero-order chi connectivity index (χ0) is 21.1. The van der Waals surface area contributed by atoms with E-state index in [2.05, 4.69) is 5.32 Å². The summed E-state index contributed by atoms with van der Waals surface area (Å²) in [5.41, 5.74) is 2.08. The van der Waals surface area contributed by atoms with Crippen LogP contribution in [0.3, 0.4) is 0 Å². The lowest BCUT2D eigenvalue weighted by Crippen LogP contribution is -2.30. The van der Waals surface area contributed by atoms with Crippen molar-refractivity contribution < 1.29 is 18.7 Å². The van der Waals surface area contributed by atoms with Gasteiger partial charge in [-0.2, -0.15) is 0 Å². The van der Waals surface area contributed by atoms with Crippen molar-refractivity contribution >= 4 is 22.9 Å².